The van der Waals surface area contributed by atoms with Gasteiger partial charge in [0.2, 0.25) is 0 Å². The van der Waals surface area contributed by atoms with Gasteiger partial charge in [-0.2, -0.15) is 0 Å². The summed E-state index contributed by atoms with van der Waals surface area (Å²) >= 11 is 4.91. The smallest absolute Gasteiger partial charge is 0.162 e. The van der Waals surface area contributed by atoms with Crippen molar-refractivity contribution in [2.45, 2.75) is 135 Å². The quantitative estimate of drug-likeness (QED) is 0.136. The Morgan fingerprint density at radius 1 is 0.486 bits per heavy atom. The van der Waals surface area contributed by atoms with Gasteiger partial charge in [0.1, 0.15) is 5.82 Å². The van der Waals surface area contributed by atoms with Crippen LogP contribution >= 0.6 is 34.0 Å². The standard InChI is InChI=1S/C60H62N6O3S3/c1-7-35-26-43-49(46(67)29-35)58(10-4,52-55(64-43)61-32-70-52)39-18-22-41(23-19-39)66-45-28-37(9-3)31-48(69)51(45)60(12-6,54-57(66)63-34-72-54)40-20-24-42(25-21-40)65-44-27-36(8-2)30-47(68)50(44)59(11-5,38-16-14-13-15-17-38)53-56(65)62-33-71-53/h13-25,32-37,64H,7-12,26-31H2,1-6H3/t35?,36-,37+,58?,59+,60+/m0/s1. The van der Waals surface area contributed by atoms with Crippen LogP contribution in [-0.4, -0.2) is 32.3 Å². The number of rotatable bonds is 11. The number of ketones is 3. The topological polar surface area (TPSA) is 108 Å². The number of allylic oxidation sites excluding steroid dienone is 6. The second-order valence-corrected chi connectivity index (χ2v) is 23.5. The summed E-state index contributed by atoms with van der Waals surface area (Å²) in [6.45, 7) is 13.2. The van der Waals surface area contributed by atoms with Crippen molar-refractivity contribution in [3.8, 4) is 0 Å². The predicted octanol–water partition coefficient (Wildman–Crippen LogP) is 14.8. The van der Waals surface area contributed by atoms with E-state index in [1.165, 1.54) is 0 Å². The van der Waals surface area contributed by atoms with Crippen molar-refractivity contribution in [1.29, 1.82) is 0 Å². The molecule has 9 nitrogen and oxygen atoms in total. The van der Waals surface area contributed by atoms with Crippen LogP contribution in [0.5, 0.6) is 0 Å². The number of carbonyl (C=O) groups is 3. The summed E-state index contributed by atoms with van der Waals surface area (Å²) in [7, 11) is 0. The number of hydrogen-bond donors (Lipinski definition) is 1. The van der Waals surface area contributed by atoms with E-state index in [0.717, 1.165) is 145 Å². The van der Waals surface area contributed by atoms with Gasteiger partial charge in [-0.3, -0.25) is 24.2 Å². The van der Waals surface area contributed by atoms with Crippen molar-refractivity contribution in [2.24, 2.45) is 17.8 Å². The van der Waals surface area contributed by atoms with Crippen LogP contribution in [0.1, 0.15) is 150 Å². The molecule has 3 aliphatic heterocycles. The largest absolute Gasteiger partial charge is 0.342 e. The van der Waals surface area contributed by atoms with E-state index in [-0.39, 0.29) is 29.2 Å². The summed E-state index contributed by atoms with van der Waals surface area (Å²) in [5.41, 5.74) is 14.9. The lowest BCUT2D eigenvalue weighted by atomic mass is 9.63. The molecule has 0 bridgehead atoms. The van der Waals surface area contributed by atoms with E-state index in [4.69, 9.17) is 15.0 Å². The van der Waals surface area contributed by atoms with E-state index in [2.05, 4.69) is 129 Å². The highest BCUT2D eigenvalue weighted by molar-refractivity contribution is 7.11. The maximum atomic E-state index is 15.2. The normalized spacial score (nSPS) is 26.8. The van der Waals surface area contributed by atoms with E-state index in [1.807, 2.05) is 22.6 Å². The highest BCUT2D eigenvalue weighted by atomic mass is 32.1. The molecule has 72 heavy (non-hydrogen) atoms. The lowest BCUT2D eigenvalue weighted by molar-refractivity contribution is -0.118. The predicted molar refractivity (Wildman–Crippen MR) is 292 cm³/mol. The van der Waals surface area contributed by atoms with Gasteiger partial charge >= 0.3 is 0 Å². The van der Waals surface area contributed by atoms with Crippen molar-refractivity contribution in [1.82, 2.24) is 15.0 Å². The number of hydrogen-bond acceptors (Lipinski definition) is 12. The maximum absolute atomic E-state index is 15.2. The molecule has 0 fully saturated rings. The molecule has 2 unspecified atom stereocenters. The van der Waals surface area contributed by atoms with Gasteiger partial charge in [0.25, 0.3) is 0 Å². The number of aromatic nitrogens is 3. The van der Waals surface area contributed by atoms with E-state index in [1.54, 1.807) is 34.0 Å². The molecule has 0 radical (unpaired) electrons. The molecule has 12 heteroatoms. The van der Waals surface area contributed by atoms with Gasteiger partial charge in [0, 0.05) is 64.4 Å². The van der Waals surface area contributed by atoms with Crippen LogP contribution in [0.2, 0.25) is 0 Å². The fraction of sp³-hybridized carbons (Fsp3) is 0.400. The number of thiazole rings is 3. The lowest BCUT2D eigenvalue weighted by Gasteiger charge is -2.47. The van der Waals surface area contributed by atoms with Crippen LogP contribution in [0.4, 0.5) is 28.8 Å². The average molecular weight is 1010 g/mol. The van der Waals surface area contributed by atoms with Crippen LogP contribution in [0.25, 0.3) is 0 Å². The van der Waals surface area contributed by atoms with Crippen molar-refractivity contribution < 1.29 is 14.4 Å². The Morgan fingerprint density at radius 3 is 1.35 bits per heavy atom. The summed E-state index contributed by atoms with van der Waals surface area (Å²) in [6.07, 6.45) is 9.00. The fourth-order valence-electron chi connectivity index (χ4n) is 14.1. The van der Waals surface area contributed by atoms with Gasteiger partial charge in [-0.25, -0.2) is 15.0 Å². The van der Waals surface area contributed by atoms with Gasteiger partial charge in [-0.1, -0.05) is 115 Å². The molecule has 0 spiro atoms. The number of fused-ring (bicyclic) bond motifs is 3. The van der Waals surface area contributed by atoms with E-state index in [0.29, 0.717) is 31.6 Å². The number of benzene rings is 3. The van der Waals surface area contributed by atoms with Crippen LogP contribution in [0, 0.1) is 17.8 Å². The molecule has 6 aliphatic rings. The summed E-state index contributed by atoms with van der Waals surface area (Å²) in [5, 5.41) is 3.61. The zero-order valence-corrected chi connectivity index (χ0v) is 44.6. The summed E-state index contributed by atoms with van der Waals surface area (Å²) < 4.78 is 0. The third-order valence-electron chi connectivity index (χ3n) is 17.8. The molecular weight excluding hydrogens is 949 g/mol. The van der Waals surface area contributed by atoms with E-state index in [9.17, 15) is 9.59 Å². The molecule has 0 saturated carbocycles. The Bertz CT molecular complexity index is 3250. The highest BCUT2D eigenvalue weighted by Gasteiger charge is 2.55. The van der Waals surface area contributed by atoms with Crippen molar-refractivity contribution in [3.63, 3.8) is 0 Å². The van der Waals surface area contributed by atoms with Gasteiger partial charge < -0.3 is 5.32 Å². The highest BCUT2D eigenvalue weighted by Crippen LogP contribution is 2.61. The van der Waals surface area contributed by atoms with Crippen molar-refractivity contribution >= 4 is 80.2 Å². The lowest BCUT2D eigenvalue weighted by Crippen LogP contribution is -2.44. The molecule has 12 rings (SSSR count). The Balaban J connectivity index is 0.978. The summed E-state index contributed by atoms with van der Waals surface area (Å²) in [5.74, 6) is 4.08. The van der Waals surface area contributed by atoms with Crippen LogP contribution in [0.15, 0.2) is 129 Å². The summed E-state index contributed by atoms with van der Waals surface area (Å²) in [4.78, 5) is 67.1. The molecule has 3 aromatic carbocycles. The molecule has 6 heterocycles. The molecule has 3 aliphatic carbocycles. The Hall–Kier alpha value is -5.82. The van der Waals surface area contributed by atoms with Gasteiger partial charge in [0.05, 0.1) is 47.4 Å². The number of Topliss-reactive ketones (excluding diaryl/α,β-unsaturated/α-hetero) is 3. The minimum Gasteiger partial charge on any atom is -0.342 e. The first kappa shape index (κ1) is 47.2. The number of anilines is 5. The first-order chi connectivity index (χ1) is 35.1. The second-order valence-electron chi connectivity index (χ2n) is 20.9. The van der Waals surface area contributed by atoms with Gasteiger partial charge in [-0.05, 0) is 97.2 Å². The molecular formula is C60H62N6O3S3. The number of nitrogens with one attached hydrogen (secondary N) is 1. The van der Waals surface area contributed by atoms with Crippen LogP contribution < -0.4 is 15.1 Å². The van der Waals surface area contributed by atoms with Crippen LogP contribution in [-0.2, 0) is 30.6 Å². The maximum Gasteiger partial charge on any atom is 0.162 e. The van der Waals surface area contributed by atoms with Gasteiger partial charge in [0.15, 0.2) is 29.0 Å². The summed E-state index contributed by atoms with van der Waals surface area (Å²) in [6, 6.07) is 28.3. The van der Waals surface area contributed by atoms with Gasteiger partial charge in [-0.15, -0.1) is 34.0 Å². The Labute approximate surface area is 435 Å². The molecule has 0 saturated heterocycles. The molecule has 3 aromatic heterocycles. The zero-order valence-electron chi connectivity index (χ0n) is 42.1. The van der Waals surface area contributed by atoms with Crippen molar-refractivity contribution in [2.75, 3.05) is 15.1 Å². The zero-order chi connectivity index (χ0) is 49.7. The molecule has 1 N–H and O–H groups in total. The second kappa shape index (κ2) is 18.0. The SMILES string of the molecule is CCC1CC(=O)C2=C(C1)Nc1ncsc1C2(CC)c1ccc(N2C3=C(C(=O)C[C@H](CC)C3)[C@@](CC)(c3ccc(N4C5=C(C(=O)C[C@@H](CC)C5)[C@@](CC)(c5ccccc5)c5scnc54)cc3)c3scnc32)cc1. The minimum absolute atomic E-state index is 0.203. The number of carbonyl (C=O) groups excluding carboxylic acids is 3. The Morgan fingerprint density at radius 2 is 0.889 bits per heavy atom. The number of nitrogens with zero attached hydrogens (tertiary/aromatic N) is 5. The fourth-order valence-corrected chi connectivity index (χ4v) is 17.3. The third kappa shape index (κ3) is 6.59. The minimum atomic E-state index is -0.724. The first-order valence-corrected chi connectivity index (χ1v) is 29.0. The van der Waals surface area contributed by atoms with Crippen molar-refractivity contribution in [3.05, 3.63) is 161 Å². The molecule has 6 atom stereocenters. The molecule has 6 aromatic rings. The molecule has 368 valence electrons. The van der Waals surface area contributed by atoms with Crippen LogP contribution in [0.3, 0.4) is 0 Å². The van der Waals surface area contributed by atoms with E-state index < -0.39 is 16.2 Å². The monoisotopic (exact) mass is 1010 g/mol. The average Bonchev–Trinajstić information content (AvgIpc) is 4.22. The third-order valence-corrected chi connectivity index (χ3v) is 20.7. The first-order valence-electron chi connectivity index (χ1n) is 26.4. The molecule has 0 amide bonds. The van der Waals surface area contributed by atoms with E-state index >= 15 is 4.79 Å². The Kier molecular flexibility index (Phi) is 11.8.